The average Bonchev–Trinajstić information content (AvgIpc) is 3.39. The van der Waals surface area contributed by atoms with Crippen LogP contribution in [0.5, 0.6) is 0 Å². The van der Waals surface area contributed by atoms with Gasteiger partial charge in [-0.3, -0.25) is 19.2 Å². The number of carbonyl (C=O) groups excluding carboxylic acids is 3. The molecule has 5 rings (SSSR count). The number of benzene rings is 3. The number of hydrogen-bond acceptors (Lipinski definition) is 5. The van der Waals surface area contributed by atoms with Crippen molar-refractivity contribution in [3.8, 4) is 0 Å². The van der Waals surface area contributed by atoms with Crippen LogP contribution in [0, 0.1) is 5.92 Å². The maximum absolute atomic E-state index is 13.5. The predicted octanol–water partition coefficient (Wildman–Crippen LogP) is 4.35. The first-order valence-corrected chi connectivity index (χ1v) is 11.7. The minimum absolute atomic E-state index is 0.0829. The molecule has 2 aliphatic rings. The van der Waals surface area contributed by atoms with Crippen LogP contribution in [-0.4, -0.2) is 29.7 Å². The molecule has 0 saturated carbocycles. The van der Waals surface area contributed by atoms with Gasteiger partial charge in [0.1, 0.15) is 12.0 Å². The lowest BCUT2D eigenvalue weighted by atomic mass is 9.90. The Morgan fingerprint density at radius 2 is 1.32 bits per heavy atom. The minimum Gasteiger partial charge on any atom is -0.297 e. The summed E-state index contributed by atoms with van der Waals surface area (Å²) in [5, 5.41) is 1.48. The Morgan fingerprint density at radius 3 is 1.97 bits per heavy atom. The average molecular weight is 455 g/mol. The van der Waals surface area contributed by atoms with Crippen molar-refractivity contribution >= 4 is 29.0 Å². The molecule has 6 nitrogen and oxygen atoms in total. The zero-order valence-corrected chi connectivity index (χ0v) is 18.7. The van der Waals surface area contributed by atoms with Crippen molar-refractivity contribution in [2.45, 2.75) is 37.8 Å². The number of rotatable bonds is 8. The van der Waals surface area contributed by atoms with Crippen molar-refractivity contribution in [1.82, 2.24) is 0 Å². The van der Waals surface area contributed by atoms with Gasteiger partial charge in [-0.05, 0) is 49.1 Å². The van der Waals surface area contributed by atoms with E-state index in [1.165, 1.54) is 10.6 Å². The van der Waals surface area contributed by atoms with Gasteiger partial charge >= 0.3 is 0 Å². The fourth-order valence-corrected chi connectivity index (χ4v) is 4.79. The topological polar surface area (TPSA) is 66.9 Å². The summed E-state index contributed by atoms with van der Waals surface area (Å²) in [4.78, 5) is 47.3. The Bertz CT molecular complexity index is 1170. The van der Waals surface area contributed by atoms with E-state index in [4.69, 9.17) is 4.84 Å². The number of carbonyl (C=O) groups is 3. The molecule has 2 fully saturated rings. The summed E-state index contributed by atoms with van der Waals surface area (Å²) in [6.45, 7) is 0. The zero-order chi connectivity index (χ0) is 23.5. The maximum atomic E-state index is 13.5. The maximum Gasteiger partial charge on any atom is 0.266 e. The normalized spacial score (nSPS) is 21.7. The Labute approximate surface area is 198 Å². The lowest BCUT2D eigenvalue weighted by Crippen LogP contribution is -2.44. The number of ketones is 1. The van der Waals surface area contributed by atoms with Crippen LogP contribution in [0.3, 0.4) is 0 Å². The summed E-state index contributed by atoms with van der Waals surface area (Å²) in [6.07, 6.45) is 1.77. The smallest absolute Gasteiger partial charge is 0.266 e. The lowest BCUT2D eigenvalue weighted by molar-refractivity contribution is -0.128. The molecule has 0 aliphatic carbocycles. The summed E-state index contributed by atoms with van der Waals surface area (Å²) in [5.41, 5.74) is 2.39. The summed E-state index contributed by atoms with van der Waals surface area (Å²) in [6, 6.07) is 27.3. The van der Waals surface area contributed by atoms with Gasteiger partial charge in [0.15, 0.2) is 11.9 Å². The Hall–Kier alpha value is -3.77. The highest BCUT2D eigenvalue weighted by Crippen LogP contribution is 2.41. The first-order valence-electron chi connectivity index (χ1n) is 11.7. The molecule has 6 heteroatoms. The molecule has 0 N–H and O–H groups in total. The number of hydrogen-bond donors (Lipinski definition) is 0. The van der Waals surface area contributed by atoms with Crippen LogP contribution in [0.15, 0.2) is 91.0 Å². The van der Waals surface area contributed by atoms with Crippen molar-refractivity contribution in [2.24, 2.45) is 5.92 Å². The van der Waals surface area contributed by atoms with Gasteiger partial charge in [0, 0.05) is 6.42 Å². The summed E-state index contributed by atoms with van der Waals surface area (Å²) in [5.74, 6) is -1.77. The van der Waals surface area contributed by atoms with E-state index in [0.29, 0.717) is 24.2 Å². The van der Waals surface area contributed by atoms with Crippen LogP contribution in [0.2, 0.25) is 0 Å². The van der Waals surface area contributed by atoms with Crippen molar-refractivity contribution in [2.75, 3.05) is 9.96 Å². The van der Waals surface area contributed by atoms with Crippen molar-refractivity contribution in [1.29, 1.82) is 0 Å². The highest BCUT2D eigenvalue weighted by Gasteiger charge is 2.61. The third kappa shape index (κ3) is 4.13. The predicted molar refractivity (Wildman–Crippen MR) is 129 cm³/mol. The molecule has 3 atom stereocenters. The molecule has 0 radical (unpaired) electrons. The number of fused-ring (bicyclic) bond motifs is 1. The number of Topliss-reactive ketones (excluding diaryl/α,β-unsaturated/α-hetero) is 1. The third-order valence-corrected chi connectivity index (χ3v) is 6.45. The Morgan fingerprint density at radius 1 is 0.735 bits per heavy atom. The number of aryl methyl sites for hydroxylation is 1. The highest BCUT2D eigenvalue weighted by atomic mass is 16.7. The van der Waals surface area contributed by atoms with Gasteiger partial charge in [0.25, 0.3) is 5.91 Å². The van der Waals surface area contributed by atoms with E-state index in [1.54, 1.807) is 24.3 Å². The number of imide groups is 1. The van der Waals surface area contributed by atoms with Crippen LogP contribution in [-0.2, 0) is 25.6 Å². The standard InChI is InChI=1S/C28H26N2O4/c31-23(19-11-10-14-20-12-4-1-5-13-20)25-24-26(34-30(25)22-17-8-3-9-18-22)28(33)29(27(24)32)21-15-6-2-7-16-21/h1-9,12-13,15-18,24-26H,10-11,14,19H2/t24-,25-,26+/m0/s1. The molecule has 2 amide bonds. The van der Waals surface area contributed by atoms with Crippen LogP contribution < -0.4 is 9.96 Å². The number of anilines is 2. The van der Waals surface area contributed by atoms with Crippen molar-refractivity contribution < 1.29 is 19.2 Å². The number of unbranched alkanes of at least 4 members (excludes halogenated alkanes) is 1. The van der Waals surface area contributed by atoms with Crippen LogP contribution in [0.25, 0.3) is 0 Å². The Kier molecular flexibility index (Phi) is 6.23. The van der Waals surface area contributed by atoms with Gasteiger partial charge in [-0.1, -0.05) is 66.7 Å². The molecule has 0 bridgehead atoms. The largest absolute Gasteiger partial charge is 0.297 e. The zero-order valence-electron chi connectivity index (χ0n) is 18.7. The molecule has 2 aliphatic heterocycles. The SMILES string of the molecule is O=C(CCCCc1ccccc1)[C@H]1[C@@H]2C(=O)N(c3ccccc3)C(=O)[C@@H]2ON1c1ccccc1. The van der Waals surface area contributed by atoms with E-state index in [1.807, 2.05) is 54.6 Å². The molecule has 3 aromatic rings. The molecule has 2 saturated heterocycles. The lowest BCUT2D eigenvalue weighted by Gasteiger charge is -2.27. The molecule has 0 aromatic heterocycles. The first kappa shape index (κ1) is 22.0. The van der Waals surface area contributed by atoms with E-state index >= 15 is 0 Å². The monoisotopic (exact) mass is 454 g/mol. The quantitative estimate of drug-likeness (QED) is 0.374. The highest BCUT2D eigenvalue weighted by molar-refractivity contribution is 6.25. The molecular formula is C28H26N2O4. The second-order valence-electron chi connectivity index (χ2n) is 8.66. The fourth-order valence-electron chi connectivity index (χ4n) is 4.79. The molecule has 0 unspecified atom stereocenters. The number of para-hydroxylation sites is 2. The summed E-state index contributed by atoms with van der Waals surface area (Å²) >= 11 is 0. The van der Waals surface area contributed by atoms with E-state index in [2.05, 4.69) is 12.1 Å². The number of amides is 2. The van der Waals surface area contributed by atoms with Crippen molar-refractivity contribution in [3.05, 3.63) is 96.6 Å². The summed E-state index contributed by atoms with van der Waals surface area (Å²) in [7, 11) is 0. The van der Waals surface area contributed by atoms with Gasteiger partial charge in [-0.2, -0.15) is 0 Å². The fraction of sp³-hybridized carbons (Fsp3) is 0.250. The second kappa shape index (κ2) is 9.61. The molecule has 0 spiro atoms. The van der Waals surface area contributed by atoms with Crippen LogP contribution in [0.4, 0.5) is 11.4 Å². The van der Waals surface area contributed by atoms with E-state index in [0.717, 1.165) is 17.7 Å². The Balaban J connectivity index is 1.36. The third-order valence-electron chi connectivity index (χ3n) is 6.45. The molecule has 172 valence electrons. The second-order valence-corrected chi connectivity index (χ2v) is 8.66. The molecular weight excluding hydrogens is 428 g/mol. The molecule has 3 aromatic carbocycles. The van der Waals surface area contributed by atoms with Gasteiger partial charge in [-0.15, -0.1) is 0 Å². The van der Waals surface area contributed by atoms with Gasteiger partial charge in [0.05, 0.1) is 11.4 Å². The molecule has 2 heterocycles. The van der Waals surface area contributed by atoms with Gasteiger partial charge < -0.3 is 0 Å². The van der Waals surface area contributed by atoms with Crippen LogP contribution >= 0.6 is 0 Å². The van der Waals surface area contributed by atoms with Crippen molar-refractivity contribution in [3.63, 3.8) is 0 Å². The molecule has 34 heavy (non-hydrogen) atoms. The van der Waals surface area contributed by atoms with E-state index < -0.39 is 24.0 Å². The minimum atomic E-state index is -1.01. The van der Waals surface area contributed by atoms with Gasteiger partial charge in [0.2, 0.25) is 5.91 Å². The van der Waals surface area contributed by atoms with Gasteiger partial charge in [-0.25, -0.2) is 9.96 Å². The van der Waals surface area contributed by atoms with Crippen LogP contribution in [0.1, 0.15) is 24.8 Å². The summed E-state index contributed by atoms with van der Waals surface area (Å²) < 4.78 is 0. The van der Waals surface area contributed by atoms with E-state index in [-0.39, 0.29) is 11.7 Å². The number of hydroxylamine groups is 1. The van der Waals surface area contributed by atoms with E-state index in [9.17, 15) is 14.4 Å². The first-order chi connectivity index (χ1) is 16.6. The number of nitrogens with zero attached hydrogens (tertiary/aromatic N) is 2.